The van der Waals surface area contributed by atoms with E-state index in [9.17, 15) is 19.2 Å². The van der Waals surface area contributed by atoms with Crippen LogP contribution in [0.1, 0.15) is 53.0 Å². The maximum atomic E-state index is 13.2. The van der Waals surface area contributed by atoms with E-state index in [0.717, 1.165) is 22.9 Å². The molecule has 9 heteroatoms. The van der Waals surface area contributed by atoms with Crippen LogP contribution in [0.15, 0.2) is 30.5 Å². The Labute approximate surface area is 207 Å². The standard InChI is InChI=1S/C26H38N5O4/c1-6-16(4)23(27)26(35)29-17(5)24(33)31-22(25(34)30-19(14-32)11-15(2)3)12-18-13-28-21-10-8-7-9-20(18)21/h7-10,13,15-17,19,22-23,28H,6,11-12,27H2,1-5H3,(H,29,35)(H,30,34)(H,31,33)/t16-,17-,19-,22-,23-/m0/s1. The van der Waals surface area contributed by atoms with Crippen molar-refractivity contribution in [3.63, 3.8) is 0 Å². The van der Waals surface area contributed by atoms with Crippen molar-refractivity contribution in [1.29, 1.82) is 0 Å². The number of nitrogens with two attached hydrogens (primary N) is 1. The van der Waals surface area contributed by atoms with Gasteiger partial charge in [0.05, 0.1) is 12.1 Å². The van der Waals surface area contributed by atoms with Crippen LogP contribution in [-0.4, -0.2) is 53.2 Å². The molecule has 0 spiro atoms. The van der Waals surface area contributed by atoms with Crippen molar-refractivity contribution in [2.75, 3.05) is 0 Å². The lowest BCUT2D eigenvalue weighted by molar-refractivity contribution is -0.132. The van der Waals surface area contributed by atoms with Gasteiger partial charge >= 0.3 is 0 Å². The first-order valence-electron chi connectivity index (χ1n) is 12.2. The molecule has 191 valence electrons. The third-order valence-electron chi connectivity index (χ3n) is 6.21. The Morgan fingerprint density at radius 3 is 2.31 bits per heavy atom. The van der Waals surface area contributed by atoms with Gasteiger partial charge in [0.2, 0.25) is 24.0 Å². The molecule has 0 fully saturated rings. The summed E-state index contributed by atoms with van der Waals surface area (Å²) in [5, 5.41) is 8.99. The van der Waals surface area contributed by atoms with Crippen molar-refractivity contribution in [1.82, 2.24) is 20.9 Å². The van der Waals surface area contributed by atoms with E-state index in [2.05, 4.69) is 20.9 Å². The maximum absolute atomic E-state index is 13.2. The number of hydrogen-bond acceptors (Lipinski definition) is 5. The average Bonchev–Trinajstić information content (AvgIpc) is 3.24. The van der Waals surface area contributed by atoms with Gasteiger partial charge in [0.1, 0.15) is 12.1 Å². The lowest BCUT2D eigenvalue weighted by atomic mass is 9.99. The van der Waals surface area contributed by atoms with Crippen LogP contribution in [0, 0.1) is 11.8 Å². The minimum atomic E-state index is -0.965. The monoisotopic (exact) mass is 484 g/mol. The molecule has 35 heavy (non-hydrogen) atoms. The van der Waals surface area contributed by atoms with Crippen molar-refractivity contribution in [2.24, 2.45) is 17.6 Å². The Kier molecular flexibility index (Phi) is 10.4. The highest BCUT2D eigenvalue weighted by molar-refractivity contribution is 5.94. The number of amides is 3. The van der Waals surface area contributed by atoms with Gasteiger partial charge in [-0.3, -0.25) is 19.2 Å². The van der Waals surface area contributed by atoms with E-state index >= 15 is 0 Å². The molecular formula is C26H38N5O4. The van der Waals surface area contributed by atoms with Gasteiger partial charge in [-0.05, 0) is 36.8 Å². The number of H-pyrrole nitrogens is 1. The molecule has 2 aromatic rings. The predicted molar refractivity (Wildman–Crippen MR) is 136 cm³/mol. The third-order valence-corrected chi connectivity index (χ3v) is 6.21. The minimum Gasteiger partial charge on any atom is -0.361 e. The summed E-state index contributed by atoms with van der Waals surface area (Å²) in [6.07, 6.45) is 5.02. The Morgan fingerprint density at radius 1 is 1.00 bits per heavy atom. The Balaban J connectivity index is 2.19. The average molecular weight is 485 g/mol. The van der Waals surface area contributed by atoms with Gasteiger partial charge in [-0.1, -0.05) is 52.3 Å². The number of rotatable bonds is 13. The Morgan fingerprint density at radius 2 is 1.69 bits per heavy atom. The zero-order chi connectivity index (χ0) is 26.1. The van der Waals surface area contributed by atoms with E-state index in [0.29, 0.717) is 6.42 Å². The van der Waals surface area contributed by atoms with Gasteiger partial charge in [-0.25, -0.2) is 0 Å². The quantitative estimate of drug-likeness (QED) is 0.294. The lowest BCUT2D eigenvalue weighted by Crippen LogP contribution is -2.57. The van der Waals surface area contributed by atoms with E-state index in [-0.39, 0.29) is 18.3 Å². The van der Waals surface area contributed by atoms with Crippen molar-refractivity contribution in [3.8, 4) is 0 Å². The molecule has 0 unspecified atom stereocenters. The van der Waals surface area contributed by atoms with Crippen LogP contribution in [-0.2, 0) is 25.6 Å². The van der Waals surface area contributed by atoms with Crippen LogP contribution in [0.2, 0.25) is 0 Å². The summed E-state index contributed by atoms with van der Waals surface area (Å²) in [4.78, 5) is 53.1. The van der Waals surface area contributed by atoms with Gasteiger partial charge in [-0.15, -0.1) is 0 Å². The summed E-state index contributed by atoms with van der Waals surface area (Å²) >= 11 is 0. The molecule has 0 aliphatic carbocycles. The van der Waals surface area contributed by atoms with Crippen molar-refractivity contribution < 1.29 is 19.2 Å². The number of hydrogen-bond donors (Lipinski definition) is 5. The molecule has 1 aromatic heterocycles. The molecule has 6 N–H and O–H groups in total. The van der Waals surface area contributed by atoms with E-state index in [4.69, 9.17) is 5.73 Å². The van der Waals surface area contributed by atoms with E-state index < -0.39 is 41.9 Å². The zero-order valence-corrected chi connectivity index (χ0v) is 21.2. The summed E-state index contributed by atoms with van der Waals surface area (Å²) in [5.41, 5.74) is 7.72. The van der Waals surface area contributed by atoms with Gasteiger partial charge in [0.25, 0.3) is 0 Å². The van der Waals surface area contributed by atoms with Crippen LogP contribution < -0.4 is 21.7 Å². The first-order valence-corrected chi connectivity index (χ1v) is 12.2. The first-order chi connectivity index (χ1) is 16.6. The fourth-order valence-electron chi connectivity index (χ4n) is 3.79. The summed E-state index contributed by atoms with van der Waals surface area (Å²) in [5.74, 6) is -1.30. The number of aromatic nitrogens is 1. The number of aromatic amines is 1. The van der Waals surface area contributed by atoms with Crippen LogP contribution in [0.3, 0.4) is 0 Å². The number of fused-ring (bicyclic) bond motifs is 1. The normalized spacial score (nSPS) is 15.6. The maximum Gasteiger partial charge on any atom is 0.243 e. The van der Waals surface area contributed by atoms with Crippen LogP contribution in [0.25, 0.3) is 10.9 Å². The van der Waals surface area contributed by atoms with Crippen molar-refractivity contribution in [3.05, 3.63) is 36.0 Å². The van der Waals surface area contributed by atoms with Crippen LogP contribution in [0.4, 0.5) is 0 Å². The van der Waals surface area contributed by atoms with Crippen LogP contribution in [0.5, 0.6) is 0 Å². The van der Waals surface area contributed by atoms with Gasteiger partial charge in [0.15, 0.2) is 0 Å². The molecule has 9 nitrogen and oxygen atoms in total. The van der Waals surface area contributed by atoms with Crippen LogP contribution >= 0.6 is 0 Å². The fourth-order valence-corrected chi connectivity index (χ4v) is 3.79. The second-order valence-corrected chi connectivity index (χ2v) is 9.57. The highest BCUT2D eigenvalue weighted by Crippen LogP contribution is 2.19. The van der Waals surface area contributed by atoms with Crippen molar-refractivity contribution in [2.45, 2.75) is 78.0 Å². The topological polar surface area (TPSA) is 146 Å². The van der Waals surface area contributed by atoms with Gasteiger partial charge < -0.3 is 26.7 Å². The SMILES string of the molecule is CC[C@H](C)[C@H](N)C(=O)N[C@@H](C)C(=O)N[C@@H](Cc1c[nH]c2ccccc12)C(=O)N[C@H]([C]=O)CC(C)C. The summed E-state index contributed by atoms with van der Waals surface area (Å²) in [6, 6.07) is 4.26. The Bertz CT molecular complexity index is 1020. The predicted octanol–water partition coefficient (Wildman–Crippen LogP) is 1.71. The van der Waals surface area contributed by atoms with Gasteiger partial charge in [-0.2, -0.15) is 0 Å². The molecular weight excluding hydrogens is 446 g/mol. The molecule has 0 aliphatic rings. The van der Waals surface area contributed by atoms with E-state index in [1.54, 1.807) is 6.20 Å². The number of carbonyl (C=O) groups excluding carboxylic acids is 4. The van der Waals surface area contributed by atoms with E-state index in [1.807, 2.05) is 58.2 Å². The summed E-state index contributed by atoms with van der Waals surface area (Å²) in [6.45, 7) is 9.23. The molecule has 1 radical (unpaired) electrons. The van der Waals surface area contributed by atoms with Crippen molar-refractivity contribution >= 4 is 34.9 Å². The molecule has 3 amide bonds. The molecule has 0 saturated carbocycles. The number of para-hydroxylation sites is 1. The second kappa shape index (κ2) is 13.0. The largest absolute Gasteiger partial charge is 0.361 e. The molecule has 0 aliphatic heterocycles. The third kappa shape index (κ3) is 7.92. The highest BCUT2D eigenvalue weighted by atomic mass is 16.2. The minimum absolute atomic E-state index is 0.0388. The lowest BCUT2D eigenvalue weighted by Gasteiger charge is -2.24. The summed E-state index contributed by atoms with van der Waals surface area (Å²) < 4.78 is 0. The molecule has 5 atom stereocenters. The fraction of sp³-hybridized carbons (Fsp3) is 0.538. The van der Waals surface area contributed by atoms with E-state index in [1.165, 1.54) is 6.92 Å². The highest BCUT2D eigenvalue weighted by Gasteiger charge is 2.29. The second-order valence-electron chi connectivity index (χ2n) is 9.57. The number of benzene rings is 1. The molecule has 1 aromatic carbocycles. The molecule has 0 saturated heterocycles. The molecule has 0 bridgehead atoms. The first kappa shape index (κ1) is 28.0. The van der Waals surface area contributed by atoms with Gasteiger partial charge in [0, 0.05) is 23.5 Å². The Hall–Kier alpha value is -3.20. The molecule has 2 rings (SSSR count). The number of nitrogens with one attached hydrogen (secondary N) is 4. The zero-order valence-electron chi connectivity index (χ0n) is 21.2. The number of carbonyl (C=O) groups is 3. The smallest absolute Gasteiger partial charge is 0.243 e. The summed E-state index contributed by atoms with van der Waals surface area (Å²) in [7, 11) is 0. The molecule has 1 heterocycles.